The summed E-state index contributed by atoms with van der Waals surface area (Å²) in [4.78, 5) is 17.2. The maximum absolute atomic E-state index is 10.4. The molecular formula is C11H16N2O3S. The molecule has 1 aromatic rings. The van der Waals surface area contributed by atoms with E-state index in [0.29, 0.717) is 6.42 Å². The molecule has 1 fully saturated rings. The Kier molecular flexibility index (Phi) is 4.47. The average Bonchev–Trinajstić information content (AvgIpc) is 2.75. The second kappa shape index (κ2) is 6.09. The summed E-state index contributed by atoms with van der Waals surface area (Å²) >= 11 is 1.61. The number of ether oxygens (including phenoxy) is 1. The Morgan fingerprint density at radius 3 is 3.00 bits per heavy atom. The summed E-state index contributed by atoms with van der Waals surface area (Å²) in [5, 5.41) is 11.6. The number of hydrogen-bond donors (Lipinski definition) is 1. The molecule has 1 saturated heterocycles. The molecule has 0 unspecified atom stereocenters. The Morgan fingerprint density at radius 2 is 2.29 bits per heavy atom. The second-order valence-electron chi connectivity index (χ2n) is 4.01. The van der Waals surface area contributed by atoms with Crippen molar-refractivity contribution in [2.24, 2.45) is 0 Å². The predicted octanol–water partition coefficient (Wildman–Crippen LogP) is 0.993. The molecule has 0 aromatic carbocycles. The van der Waals surface area contributed by atoms with Crippen molar-refractivity contribution in [2.75, 3.05) is 26.3 Å². The number of thiazole rings is 1. The van der Waals surface area contributed by atoms with Gasteiger partial charge in [0.1, 0.15) is 5.01 Å². The largest absolute Gasteiger partial charge is 0.481 e. The van der Waals surface area contributed by atoms with Crippen LogP contribution < -0.4 is 0 Å². The van der Waals surface area contributed by atoms with Crippen LogP contribution in [0.4, 0.5) is 0 Å². The number of aryl methyl sites for hydroxylation is 1. The molecule has 0 atom stereocenters. The van der Waals surface area contributed by atoms with Gasteiger partial charge in [-0.2, -0.15) is 0 Å². The normalized spacial score (nSPS) is 17.2. The molecule has 0 amide bonds. The Labute approximate surface area is 104 Å². The van der Waals surface area contributed by atoms with E-state index in [2.05, 4.69) is 9.88 Å². The fourth-order valence-electron chi connectivity index (χ4n) is 1.72. The van der Waals surface area contributed by atoms with Crippen molar-refractivity contribution in [3.8, 4) is 0 Å². The molecule has 1 aliphatic heterocycles. The van der Waals surface area contributed by atoms with Gasteiger partial charge in [0.2, 0.25) is 0 Å². The molecule has 2 rings (SSSR count). The second-order valence-corrected chi connectivity index (χ2v) is 4.96. The fraction of sp³-hybridized carbons (Fsp3) is 0.636. The zero-order valence-electron chi connectivity index (χ0n) is 9.59. The lowest BCUT2D eigenvalue weighted by Crippen LogP contribution is -2.35. The Hall–Kier alpha value is -0.980. The topological polar surface area (TPSA) is 62.7 Å². The van der Waals surface area contributed by atoms with E-state index >= 15 is 0 Å². The summed E-state index contributed by atoms with van der Waals surface area (Å²) in [5.74, 6) is -0.771. The van der Waals surface area contributed by atoms with Crippen LogP contribution >= 0.6 is 11.3 Å². The highest BCUT2D eigenvalue weighted by Crippen LogP contribution is 2.14. The van der Waals surface area contributed by atoms with Crippen LogP contribution in [0.15, 0.2) is 5.38 Å². The van der Waals surface area contributed by atoms with Gasteiger partial charge in [-0.25, -0.2) is 4.98 Å². The summed E-state index contributed by atoms with van der Waals surface area (Å²) in [6.45, 7) is 4.32. The van der Waals surface area contributed by atoms with E-state index in [4.69, 9.17) is 9.84 Å². The van der Waals surface area contributed by atoms with Crippen LogP contribution in [0.1, 0.15) is 17.1 Å². The van der Waals surface area contributed by atoms with Gasteiger partial charge in [-0.1, -0.05) is 0 Å². The van der Waals surface area contributed by atoms with Crippen molar-refractivity contribution >= 4 is 17.3 Å². The Bertz CT molecular complexity index is 375. The van der Waals surface area contributed by atoms with Crippen LogP contribution in [0.2, 0.25) is 0 Å². The van der Waals surface area contributed by atoms with Crippen molar-refractivity contribution in [1.29, 1.82) is 0 Å². The predicted molar refractivity (Wildman–Crippen MR) is 64.2 cm³/mol. The van der Waals surface area contributed by atoms with Crippen LogP contribution in [-0.4, -0.2) is 47.3 Å². The van der Waals surface area contributed by atoms with Crippen molar-refractivity contribution < 1.29 is 14.6 Å². The first-order valence-corrected chi connectivity index (χ1v) is 6.57. The first-order chi connectivity index (χ1) is 8.24. The van der Waals surface area contributed by atoms with E-state index < -0.39 is 5.97 Å². The molecule has 0 radical (unpaired) electrons. The average molecular weight is 256 g/mol. The van der Waals surface area contributed by atoms with Crippen LogP contribution in [0, 0.1) is 0 Å². The third-order valence-corrected chi connectivity index (χ3v) is 3.54. The number of hydrogen-bond acceptors (Lipinski definition) is 5. The van der Waals surface area contributed by atoms with Gasteiger partial charge in [-0.05, 0) is 0 Å². The molecule has 17 heavy (non-hydrogen) atoms. The summed E-state index contributed by atoms with van der Waals surface area (Å²) in [6, 6.07) is 0. The maximum Gasteiger partial charge on any atom is 0.303 e. The van der Waals surface area contributed by atoms with Gasteiger partial charge in [0.05, 0.1) is 31.9 Å². The number of carboxylic acids is 1. The van der Waals surface area contributed by atoms with Gasteiger partial charge in [0.25, 0.3) is 0 Å². The van der Waals surface area contributed by atoms with E-state index in [0.717, 1.165) is 43.5 Å². The molecule has 0 aliphatic carbocycles. The number of carbonyl (C=O) groups is 1. The van der Waals surface area contributed by atoms with E-state index in [9.17, 15) is 4.79 Å². The smallest absolute Gasteiger partial charge is 0.303 e. The van der Waals surface area contributed by atoms with Gasteiger partial charge in [-0.15, -0.1) is 11.3 Å². The molecule has 0 bridgehead atoms. The molecule has 1 aromatic heterocycles. The minimum absolute atomic E-state index is 0.153. The van der Waals surface area contributed by atoms with Crippen LogP contribution in [0.5, 0.6) is 0 Å². The van der Waals surface area contributed by atoms with Crippen molar-refractivity contribution in [3.05, 3.63) is 16.1 Å². The molecule has 0 saturated carbocycles. The van der Waals surface area contributed by atoms with E-state index in [-0.39, 0.29) is 6.42 Å². The number of nitrogens with zero attached hydrogens (tertiary/aromatic N) is 2. The van der Waals surface area contributed by atoms with Gasteiger partial charge < -0.3 is 9.84 Å². The highest BCUT2D eigenvalue weighted by molar-refractivity contribution is 7.09. The summed E-state index contributed by atoms with van der Waals surface area (Å²) in [5.41, 5.74) is 0.889. The van der Waals surface area contributed by atoms with E-state index in [1.165, 1.54) is 0 Å². The standard InChI is InChI=1S/C11H16N2O3S/c14-11(15)2-1-9-8-17-10(12-9)7-13-3-5-16-6-4-13/h8H,1-7H2,(H,14,15). The third-order valence-electron chi connectivity index (χ3n) is 2.66. The minimum atomic E-state index is -0.771. The molecule has 1 N–H and O–H groups in total. The van der Waals surface area contributed by atoms with Crippen LogP contribution in [-0.2, 0) is 22.5 Å². The SMILES string of the molecule is O=C(O)CCc1csc(CN2CCOCC2)n1. The van der Waals surface area contributed by atoms with E-state index in [1.54, 1.807) is 11.3 Å². The van der Waals surface area contributed by atoms with Gasteiger partial charge in [0, 0.05) is 24.9 Å². The lowest BCUT2D eigenvalue weighted by Gasteiger charge is -2.25. The molecule has 2 heterocycles. The molecular weight excluding hydrogens is 240 g/mol. The quantitative estimate of drug-likeness (QED) is 0.851. The zero-order chi connectivity index (χ0) is 12.1. The third kappa shape index (κ3) is 4.07. The summed E-state index contributed by atoms with van der Waals surface area (Å²) < 4.78 is 5.28. The van der Waals surface area contributed by atoms with Crippen LogP contribution in [0.3, 0.4) is 0 Å². The molecule has 5 nitrogen and oxygen atoms in total. The van der Waals surface area contributed by atoms with Crippen LogP contribution in [0.25, 0.3) is 0 Å². The highest BCUT2D eigenvalue weighted by Gasteiger charge is 2.12. The zero-order valence-corrected chi connectivity index (χ0v) is 10.4. The monoisotopic (exact) mass is 256 g/mol. The molecule has 6 heteroatoms. The first kappa shape index (κ1) is 12.5. The number of aliphatic carboxylic acids is 1. The van der Waals surface area contributed by atoms with Gasteiger partial charge in [0.15, 0.2) is 0 Å². The highest BCUT2D eigenvalue weighted by atomic mass is 32.1. The minimum Gasteiger partial charge on any atom is -0.481 e. The van der Waals surface area contributed by atoms with Crippen molar-refractivity contribution in [2.45, 2.75) is 19.4 Å². The van der Waals surface area contributed by atoms with Gasteiger partial charge in [-0.3, -0.25) is 9.69 Å². The lowest BCUT2D eigenvalue weighted by molar-refractivity contribution is -0.136. The fourth-order valence-corrected chi connectivity index (χ4v) is 2.59. The first-order valence-electron chi connectivity index (χ1n) is 5.69. The Balaban J connectivity index is 1.82. The molecule has 0 spiro atoms. The number of carboxylic acid groups (broad SMARTS) is 1. The number of rotatable bonds is 5. The summed E-state index contributed by atoms with van der Waals surface area (Å²) in [6.07, 6.45) is 0.676. The molecule has 94 valence electrons. The lowest BCUT2D eigenvalue weighted by atomic mass is 10.2. The number of morpholine rings is 1. The van der Waals surface area contributed by atoms with Gasteiger partial charge >= 0.3 is 5.97 Å². The Morgan fingerprint density at radius 1 is 1.53 bits per heavy atom. The summed E-state index contributed by atoms with van der Waals surface area (Å²) in [7, 11) is 0. The molecule has 1 aliphatic rings. The number of aromatic nitrogens is 1. The van der Waals surface area contributed by atoms with Crippen molar-refractivity contribution in [3.63, 3.8) is 0 Å². The van der Waals surface area contributed by atoms with Crippen molar-refractivity contribution in [1.82, 2.24) is 9.88 Å². The van der Waals surface area contributed by atoms with E-state index in [1.807, 2.05) is 5.38 Å². The maximum atomic E-state index is 10.4.